The van der Waals surface area contributed by atoms with Gasteiger partial charge in [0, 0.05) is 16.6 Å². The minimum atomic E-state index is -0.149. The fourth-order valence-electron chi connectivity index (χ4n) is 1.24. The molecule has 0 aromatic heterocycles. The van der Waals surface area contributed by atoms with Crippen LogP contribution in [0.5, 0.6) is 0 Å². The summed E-state index contributed by atoms with van der Waals surface area (Å²) in [6, 6.07) is 7.82. The third-order valence-corrected chi connectivity index (χ3v) is 3.41. The van der Waals surface area contributed by atoms with Crippen molar-refractivity contribution < 1.29 is 4.79 Å². The zero-order valence-electron chi connectivity index (χ0n) is 10.8. The van der Waals surface area contributed by atoms with Gasteiger partial charge in [-0.05, 0) is 37.3 Å². The quantitative estimate of drug-likeness (QED) is 0.804. The van der Waals surface area contributed by atoms with E-state index >= 15 is 0 Å². The molecule has 1 aromatic rings. The van der Waals surface area contributed by atoms with Crippen molar-refractivity contribution in [3.05, 3.63) is 24.3 Å². The van der Waals surface area contributed by atoms with Gasteiger partial charge in [-0.3, -0.25) is 0 Å². The number of urea groups is 1. The first-order chi connectivity index (χ1) is 8.02. The summed E-state index contributed by atoms with van der Waals surface area (Å²) < 4.78 is 0. The number of anilines is 1. The summed E-state index contributed by atoms with van der Waals surface area (Å²) in [5.41, 5.74) is 0.824. The molecule has 2 N–H and O–H groups in total. The number of nitrogens with one attached hydrogen (secondary N) is 2. The van der Waals surface area contributed by atoms with E-state index in [1.165, 1.54) is 0 Å². The SMILES string of the molecule is CSc1cccc(NC(=O)N[C@@H](C)C(C)C)c1. The predicted molar refractivity (Wildman–Crippen MR) is 74.7 cm³/mol. The monoisotopic (exact) mass is 252 g/mol. The lowest BCUT2D eigenvalue weighted by molar-refractivity contribution is 0.246. The van der Waals surface area contributed by atoms with Gasteiger partial charge >= 0.3 is 6.03 Å². The van der Waals surface area contributed by atoms with Crippen molar-refractivity contribution in [2.75, 3.05) is 11.6 Å². The molecule has 0 fully saturated rings. The van der Waals surface area contributed by atoms with Crippen LogP contribution in [-0.2, 0) is 0 Å². The van der Waals surface area contributed by atoms with Crippen LogP contribution < -0.4 is 10.6 Å². The molecule has 0 aliphatic rings. The van der Waals surface area contributed by atoms with Crippen LogP contribution in [0.1, 0.15) is 20.8 Å². The van der Waals surface area contributed by atoms with Gasteiger partial charge in [0.05, 0.1) is 0 Å². The maximum Gasteiger partial charge on any atom is 0.319 e. The minimum absolute atomic E-state index is 0.149. The van der Waals surface area contributed by atoms with Gasteiger partial charge in [0.1, 0.15) is 0 Å². The second-order valence-electron chi connectivity index (χ2n) is 4.36. The molecule has 1 aromatic carbocycles. The van der Waals surface area contributed by atoms with Crippen molar-refractivity contribution in [3.63, 3.8) is 0 Å². The summed E-state index contributed by atoms with van der Waals surface area (Å²) in [7, 11) is 0. The van der Waals surface area contributed by atoms with Gasteiger partial charge < -0.3 is 10.6 Å². The first-order valence-corrected chi connectivity index (χ1v) is 6.97. The molecule has 0 heterocycles. The molecule has 17 heavy (non-hydrogen) atoms. The third kappa shape index (κ3) is 4.69. The van der Waals surface area contributed by atoms with Crippen molar-refractivity contribution in [2.45, 2.75) is 31.7 Å². The Labute approximate surface area is 107 Å². The van der Waals surface area contributed by atoms with Gasteiger partial charge in [0.15, 0.2) is 0 Å². The smallest absolute Gasteiger partial charge is 0.319 e. The number of rotatable bonds is 4. The van der Waals surface area contributed by atoms with Crippen molar-refractivity contribution in [3.8, 4) is 0 Å². The maximum absolute atomic E-state index is 11.7. The normalized spacial score (nSPS) is 12.3. The first-order valence-electron chi connectivity index (χ1n) is 5.74. The van der Waals surface area contributed by atoms with Crippen LogP contribution in [0.3, 0.4) is 0 Å². The summed E-state index contributed by atoms with van der Waals surface area (Å²) in [5.74, 6) is 0.429. The van der Waals surface area contributed by atoms with Crippen molar-refractivity contribution in [1.29, 1.82) is 0 Å². The highest BCUT2D eigenvalue weighted by Crippen LogP contribution is 2.18. The Morgan fingerprint density at radius 3 is 2.59 bits per heavy atom. The van der Waals surface area contributed by atoms with E-state index in [0.29, 0.717) is 5.92 Å². The number of carbonyl (C=O) groups excluding carboxylic acids is 1. The van der Waals surface area contributed by atoms with E-state index in [1.807, 2.05) is 37.4 Å². The number of hydrogen-bond donors (Lipinski definition) is 2. The van der Waals surface area contributed by atoms with E-state index in [0.717, 1.165) is 10.6 Å². The van der Waals surface area contributed by atoms with Crippen LogP contribution in [0.4, 0.5) is 10.5 Å². The highest BCUT2D eigenvalue weighted by Gasteiger charge is 2.10. The Kier molecular flexibility index (Phi) is 5.35. The van der Waals surface area contributed by atoms with E-state index in [-0.39, 0.29) is 12.1 Å². The van der Waals surface area contributed by atoms with E-state index in [2.05, 4.69) is 24.5 Å². The summed E-state index contributed by atoms with van der Waals surface area (Å²) in [5, 5.41) is 5.75. The zero-order chi connectivity index (χ0) is 12.8. The number of thioether (sulfide) groups is 1. The molecule has 0 spiro atoms. The lowest BCUT2D eigenvalue weighted by Crippen LogP contribution is -2.38. The summed E-state index contributed by atoms with van der Waals surface area (Å²) in [6.45, 7) is 6.17. The van der Waals surface area contributed by atoms with Crippen LogP contribution in [0.2, 0.25) is 0 Å². The standard InChI is InChI=1S/C13H20N2OS/c1-9(2)10(3)14-13(16)15-11-6-5-7-12(8-11)17-4/h5-10H,1-4H3,(H2,14,15,16)/t10-/m0/s1. The number of amides is 2. The number of benzene rings is 1. The molecular weight excluding hydrogens is 232 g/mol. The van der Waals surface area contributed by atoms with Crippen molar-refractivity contribution in [2.24, 2.45) is 5.92 Å². The average Bonchev–Trinajstić information content (AvgIpc) is 2.28. The highest BCUT2D eigenvalue weighted by molar-refractivity contribution is 7.98. The molecule has 0 aliphatic heterocycles. The molecule has 0 radical (unpaired) electrons. The Bertz CT molecular complexity index is 379. The molecule has 0 bridgehead atoms. The maximum atomic E-state index is 11.7. The van der Waals surface area contributed by atoms with E-state index in [1.54, 1.807) is 11.8 Å². The number of hydrogen-bond acceptors (Lipinski definition) is 2. The molecule has 0 saturated heterocycles. The van der Waals surface area contributed by atoms with Crippen LogP contribution in [0.15, 0.2) is 29.2 Å². The second kappa shape index (κ2) is 6.55. The van der Waals surface area contributed by atoms with Crippen LogP contribution >= 0.6 is 11.8 Å². The van der Waals surface area contributed by atoms with Gasteiger partial charge in [0.25, 0.3) is 0 Å². The molecule has 1 atom stereocenters. The van der Waals surface area contributed by atoms with Gasteiger partial charge in [-0.15, -0.1) is 11.8 Å². The molecular formula is C13H20N2OS. The second-order valence-corrected chi connectivity index (χ2v) is 5.24. The van der Waals surface area contributed by atoms with E-state index < -0.39 is 0 Å². The molecule has 2 amide bonds. The molecule has 4 heteroatoms. The Balaban J connectivity index is 2.55. The first kappa shape index (κ1) is 13.9. The lowest BCUT2D eigenvalue weighted by atomic mass is 10.1. The fourth-order valence-corrected chi connectivity index (χ4v) is 1.70. The Morgan fingerprint density at radius 1 is 1.29 bits per heavy atom. The largest absolute Gasteiger partial charge is 0.335 e. The van der Waals surface area contributed by atoms with Crippen LogP contribution in [-0.4, -0.2) is 18.3 Å². The van der Waals surface area contributed by atoms with Crippen LogP contribution in [0, 0.1) is 5.92 Å². The Morgan fingerprint density at radius 2 is 2.00 bits per heavy atom. The summed E-state index contributed by atoms with van der Waals surface area (Å²) in [4.78, 5) is 12.8. The molecule has 0 aliphatic carbocycles. The minimum Gasteiger partial charge on any atom is -0.335 e. The Hall–Kier alpha value is -1.16. The highest BCUT2D eigenvalue weighted by atomic mass is 32.2. The molecule has 94 valence electrons. The molecule has 0 unspecified atom stereocenters. The van der Waals surface area contributed by atoms with Crippen molar-refractivity contribution in [1.82, 2.24) is 5.32 Å². The molecule has 0 saturated carbocycles. The van der Waals surface area contributed by atoms with Crippen molar-refractivity contribution >= 4 is 23.5 Å². The summed E-state index contributed by atoms with van der Waals surface area (Å²) >= 11 is 1.66. The summed E-state index contributed by atoms with van der Waals surface area (Å²) in [6.07, 6.45) is 2.01. The van der Waals surface area contributed by atoms with E-state index in [9.17, 15) is 4.79 Å². The van der Waals surface area contributed by atoms with E-state index in [4.69, 9.17) is 0 Å². The molecule has 3 nitrogen and oxygen atoms in total. The average molecular weight is 252 g/mol. The van der Waals surface area contributed by atoms with Gasteiger partial charge in [-0.25, -0.2) is 4.79 Å². The number of carbonyl (C=O) groups is 1. The molecule has 1 rings (SSSR count). The third-order valence-electron chi connectivity index (χ3n) is 2.69. The van der Waals surface area contributed by atoms with Gasteiger partial charge in [-0.2, -0.15) is 0 Å². The van der Waals surface area contributed by atoms with Crippen LogP contribution in [0.25, 0.3) is 0 Å². The van der Waals surface area contributed by atoms with Gasteiger partial charge in [-0.1, -0.05) is 19.9 Å². The lowest BCUT2D eigenvalue weighted by Gasteiger charge is -2.17. The van der Waals surface area contributed by atoms with Gasteiger partial charge in [0.2, 0.25) is 0 Å². The predicted octanol–water partition coefficient (Wildman–Crippen LogP) is 3.57. The zero-order valence-corrected chi connectivity index (χ0v) is 11.6. The fraction of sp³-hybridized carbons (Fsp3) is 0.462. The topological polar surface area (TPSA) is 41.1 Å².